The van der Waals surface area contributed by atoms with Crippen LogP contribution in [0.25, 0.3) is 5.76 Å². The second-order valence-corrected chi connectivity index (χ2v) is 7.38. The van der Waals surface area contributed by atoms with Crippen LogP contribution in [0.5, 0.6) is 5.75 Å². The first-order valence-electron chi connectivity index (χ1n) is 10.6. The first-order chi connectivity index (χ1) is 15.0. The maximum atomic E-state index is 13.0. The predicted octanol–water partition coefficient (Wildman–Crippen LogP) is 3.24. The molecule has 1 aliphatic rings. The molecule has 3 rings (SSSR count). The van der Waals surface area contributed by atoms with Crippen molar-refractivity contribution in [2.45, 2.75) is 26.3 Å². The summed E-state index contributed by atoms with van der Waals surface area (Å²) in [7, 11) is 1.56. The number of carbonyl (C=O) groups excluding carboxylic acids is 2. The molecule has 0 aliphatic carbocycles. The van der Waals surface area contributed by atoms with E-state index in [0.717, 1.165) is 31.6 Å². The van der Waals surface area contributed by atoms with Gasteiger partial charge in [-0.1, -0.05) is 13.8 Å². The van der Waals surface area contributed by atoms with Gasteiger partial charge in [-0.05, 0) is 68.0 Å². The number of ether oxygens (including phenoxy) is 1. The van der Waals surface area contributed by atoms with E-state index in [1.807, 2.05) is 0 Å². The zero-order valence-corrected chi connectivity index (χ0v) is 18.2. The van der Waals surface area contributed by atoms with Crippen LogP contribution in [0.3, 0.4) is 0 Å². The Kier molecular flexibility index (Phi) is 7.41. The van der Waals surface area contributed by atoms with Crippen molar-refractivity contribution in [2.24, 2.45) is 0 Å². The molecule has 0 unspecified atom stereocenters. The Bertz CT molecular complexity index is 937. The number of benzene rings is 1. The molecule has 1 amide bonds. The summed E-state index contributed by atoms with van der Waals surface area (Å²) in [5.41, 5.74) is 1.30. The number of carbonyl (C=O) groups is 2. The van der Waals surface area contributed by atoms with Gasteiger partial charge < -0.3 is 19.6 Å². The lowest BCUT2D eigenvalue weighted by atomic mass is 9.96. The van der Waals surface area contributed by atoms with Gasteiger partial charge in [0.1, 0.15) is 11.5 Å². The summed E-state index contributed by atoms with van der Waals surface area (Å²) < 4.78 is 5.16. The Morgan fingerprint density at radius 2 is 1.74 bits per heavy atom. The summed E-state index contributed by atoms with van der Waals surface area (Å²) in [5.74, 6) is -0.803. The highest BCUT2D eigenvalue weighted by Crippen LogP contribution is 2.39. The molecule has 164 valence electrons. The molecule has 1 N–H and O–H groups in total. The van der Waals surface area contributed by atoms with Gasteiger partial charge in [0.15, 0.2) is 0 Å². The molecule has 0 spiro atoms. The minimum absolute atomic E-state index is 0.101. The van der Waals surface area contributed by atoms with Crippen molar-refractivity contribution in [2.75, 3.05) is 33.3 Å². The summed E-state index contributed by atoms with van der Waals surface area (Å²) in [6.07, 6.45) is 3.98. The molecule has 1 aromatic heterocycles. The van der Waals surface area contributed by atoms with Crippen LogP contribution in [0, 0.1) is 0 Å². The van der Waals surface area contributed by atoms with Gasteiger partial charge >= 0.3 is 0 Å². The normalized spacial score (nSPS) is 18.1. The number of hydrogen-bond acceptors (Lipinski definition) is 6. The first kappa shape index (κ1) is 22.5. The highest BCUT2D eigenvalue weighted by Gasteiger charge is 2.45. The van der Waals surface area contributed by atoms with Crippen LogP contribution >= 0.6 is 0 Å². The number of ketones is 1. The van der Waals surface area contributed by atoms with E-state index in [9.17, 15) is 14.7 Å². The zero-order valence-electron chi connectivity index (χ0n) is 18.2. The summed E-state index contributed by atoms with van der Waals surface area (Å²) >= 11 is 0. The fourth-order valence-electron chi connectivity index (χ4n) is 3.91. The van der Waals surface area contributed by atoms with Crippen molar-refractivity contribution in [1.29, 1.82) is 0 Å². The molecule has 0 radical (unpaired) electrons. The van der Waals surface area contributed by atoms with E-state index in [1.165, 1.54) is 0 Å². The Morgan fingerprint density at radius 1 is 1.10 bits per heavy atom. The van der Waals surface area contributed by atoms with Crippen LogP contribution in [-0.2, 0) is 9.59 Å². The lowest BCUT2D eigenvalue weighted by molar-refractivity contribution is -0.140. The molecule has 1 atom stereocenters. The van der Waals surface area contributed by atoms with Crippen LogP contribution in [0.1, 0.15) is 37.4 Å². The van der Waals surface area contributed by atoms with E-state index in [2.05, 4.69) is 23.7 Å². The van der Waals surface area contributed by atoms with Gasteiger partial charge in [-0.15, -0.1) is 0 Å². The fourth-order valence-corrected chi connectivity index (χ4v) is 3.91. The fraction of sp³-hybridized carbons (Fsp3) is 0.375. The number of Topliss-reactive ketones (excluding diaryl/α,β-unsaturated/α-hetero) is 1. The highest BCUT2D eigenvalue weighted by molar-refractivity contribution is 6.46. The van der Waals surface area contributed by atoms with E-state index in [-0.39, 0.29) is 11.3 Å². The van der Waals surface area contributed by atoms with E-state index >= 15 is 0 Å². The monoisotopic (exact) mass is 423 g/mol. The van der Waals surface area contributed by atoms with Crippen LogP contribution in [0.4, 0.5) is 0 Å². The SMILES string of the molecule is CCN(CC)CCCN1C(=O)C(=O)/C(=C(/O)c2ccc(OC)cc2)[C@@H]1c1ccncc1. The zero-order chi connectivity index (χ0) is 22.4. The van der Waals surface area contributed by atoms with Crippen molar-refractivity contribution in [3.8, 4) is 5.75 Å². The highest BCUT2D eigenvalue weighted by atomic mass is 16.5. The summed E-state index contributed by atoms with van der Waals surface area (Å²) in [5, 5.41) is 11.0. The third-order valence-electron chi connectivity index (χ3n) is 5.69. The number of hydrogen-bond donors (Lipinski definition) is 1. The molecule has 31 heavy (non-hydrogen) atoms. The van der Waals surface area contributed by atoms with Gasteiger partial charge in [-0.3, -0.25) is 14.6 Å². The van der Waals surface area contributed by atoms with Crippen LogP contribution in [0.15, 0.2) is 54.4 Å². The molecule has 7 nitrogen and oxygen atoms in total. The number of aliphatic hydroxyl groups is 1. The standard InChI is InChI=1S/C24H29N3O4/c1-4-26(5-2)15-6-16-27-21(17-11-13-25-14-12-17)20(23(29)24(27)30)22(28)18-7-9-19(31-3)10-8-18/h7-14,21,28H,4-6,15-16H2,1-3H3/b22-20+/t21-/m0/s1. The molecule has 0 bridgehead atoms. The molecule has 1 saturated heterocycles. The number of aliphatic hydroxyl groups excluding tert-OH is 1. The molecule has 1 fully saturated rings. The van der Waals surface area contributed by atoms with Gasteiger partial charge in [-0.2, -0.15) is 0 Å². The molecule has 1 aliphatic heterocycles. The molecular weight excluding hydrogens is 394 g/mol. The topological polar surface area (TPSA) is 83.0 Å². The number of aromatic nitrogens is 1. The van der Waals surface area contributed by atoms with E-state index in [1.54, 1.807) is 60.8 Å². The van der Waals surface area contributed by atoms with Crippen molar-refractivity contribution in [3.63, 3.8) is 0 Å². The number of likely N-dealkylation sites (tertiary alicyclic amines) is 1. The average molecular weight is 424 g/mol. The number of nitrogens with zero attached hydrogens (tertiary/aromatic N) is 3. The molecule has 0 saturated carbocycles. The van der Waals surface area contributed by atoms with Crippen molar-refractivity contribution < 1.29 is 19.4 Å². The largest absolute Gasteiger partial charge is 0.507 e. The number of rotatable bonds is 9. The summed E-state index contributed by atoms with van der Waals surface area (Å²) in [4.78, 5) is 33.8. The van der Waals surface area contributed by atoms with E-state index in [4.69, 9.17) is 4.74 Å². The quantitative estimate of drug-likeness (QED) is 0.379. The van der Waals surface area contributed by atoms with Crippen molar-refractivity contribution in [1.82, 2.24) is 14.8 Å². The van der Waals surface area contributed by atoms with Crippen molar-refractivity contribution in [3.05, 3.63) is 65.5 Å². The third kappa shape index (κ3) is 4.77. The van der Waals surface area contributed by atoms with Gasteiger partial charge in [0.2, 0.25) is 0 Å². The maximum Gasteiger partial charge on any atom is 0.295 e. The molecular formula is C24H29N3O4. The van der Waals surface area contributed by atoms with Crippen LogP contribution in [0.2, 0.25) is 0 Å². The first-order valence-corrected chi connectivity index (χ1v) is 10.6. The van der Waals surface area contributed by atoms with Crippen LogP contribution in [-0.4, -0.2) is 64.9 Å². The molecule has 1 aromatic carbocycles. The smallest absolute Gasteiger partial charge is 0.295 e. The van der Waals surface area contributed by atoms with Crippen LogP contribution < -0.4 is 4.74 Å². The third-order valence-corrected chi connectivity index (χ3v) is 5.69. The Hall–Kier alpha value is -3.19. The Labute approximate surface area is 183 Å². The number of amides is 1. The van der Waals surface area contributed by atoms with Gasteiger partial charge in [0.05, 0.1) is 18.7 Å². The molecule has 2 heterocycles. The van der Waals surface area contributed by atoms with E-state index in [0.29, 0.717) is 17.9 Å². The van der Waals surface area contributed by atoms with Gasteiger partial charge in [-0.25, -0.2) is 0 Å². The Balaban J connectivity index is 1.98. The van der Waals surface area contributed by atoms with Crippen molar-refractivity contribution >= 4 is 17.4 Å². The summed E-state index contributed by atoms with van der Waals surface area (Å²) in [6, 6.07) is 9.65. The predicted molar refractivity (Wildman–Crippen MR) is 119 cm³/mol. The molecule has 2 aromatic rings. The van der Waals surface area contributed by atoms with E-state index < -0.39 is 17.7 Å². The summed E-state index contributed by atoms with van der Waals surface area (Å²) in [6.45, 7) is 7.31. The van der Waals surface area contributed by atoms with Gasteiger partial charge in [0.25, 0.3) is 11.7 Å². The second kappa shape index (κ2) is 10.2. The van der Waals surface area contributed by atoms with Gasteiger partial charge in [0, 0.05) is 24.5 Å². The minimum atomic E-state index is -0.669. The lowest BCUT2D eigenvalue weighted by Crippen LogP contribution is -2.33. The average Bonchev–Trinajstić information content (AvgIpc) is 3.07. The number of methoxy groups -OCH3 is 1. The maximum absolute atomic E-state index is 13.0. The Morgan fingerprint density at radius 3 is 2.32 bits per heavy atom. The minimum Gasteiger partial charge on any atom is -0.507 e. The number of pyridine rings is 1. The second-order valence-electron chi connectivity index (χ2n) is 7.38. The molecule has 7 heteroatoms. The lowest BCUT2D eigenvalue weighted by Gasteiger charge is -2.26.